The molecule has 26 heavy (non-hydrogen) atoms. The summed E-state index contributed by atoms with van der Waals surface area (Å²) in [6, 6.07) is 0. The summed E-state index contributed by atoms with van der Waals surface area (Å²) < 4.78 is 5.07. The Morgan fingerprint density at radius 2 is 1.92 bits per heavy atom. The molecule has 2 heterocycles. The Morgan fingerprint density at radius 1 is 1.19 bits per heavy atom. The van der Waals surface area contributed by atoms with E-state index in [9.17, 15) is 14.4 Å². The summed E-state index contributed by atoms with van der Waals surface area (Å²) in [7, 11) is 0. The number of carbonyl (C=O) groups excluding carboxylic acids is 3. The molecule has 0 radical (unpaired) electrons. The first-order valence-corrected chi connectivity index (χ1v) is 9.85. The van der Waals surface area contributed by atoms with Crippen LogP contribution in [0.25, 0.3) is 0 Å². The Morgan fingerprint density at radius 3 is 2.58 bits per heavy atom. The molecule has 9 heteroatoms. The molecular weight excluding hydrogens is 374 g/mol. The number of anilines is 1. The molecule has 3 rings (SSSR count). The molecule has 2 aromatic rings. The van der Waals surface area contributed by atoms with Crippen LogP contribution in [-0.4, -0.2) is 29.4 Å². The molecule has 0 saturated carbocycles. The maximum Gasteiger partial charge on any atom is 0.350 e. The molecule has 0 aliphatic heterocycles. The molecule has 2 aromatic heterocycles. The van der Waals surface area contributed by atoms with Crippen molar-refractivity contribution < 1.29 is 19.1 Å². The fourth-order valence-corrected chi connectivity index (χ4v) is 5.12. The second-order valence-electron chi connectivity index (χ2n) is 6.05. The summed E-state index contributed by atoms with van der Waals surface area (Å²) in [5.74, 6) is -1.63. The Hall–Kier alpha value is -2.26. The SMILES string of the molecule is Cc1nc(C)c(C(=O)OCC(=O)Nc2sc3c(c2C(N)=O)CCCC3)s1. The van der Waals surface area contributed by atoms with Gasteiger partial charge in [0.1, 0.15) is 9.88 Å². The highest BCUT2D eigenvalue weighted by Gasteiger charge is 2.25. The van der Waals surface area contributed by atoms with Crippen LogP contribution in [0.5, 0.6) is 0 Å². The maximum atomic E-state index is 12.2. The smallest absolute Gasteiger partial charge is 0.350 e. The van der Waals surface area contributed by atoms with Crippen LogP contribution in [0.4, 0.5) is 5.00 Å². The van der Waals surface area contributed by atoms with Gasteiger partial charge < -0.3 is 15.8 Å². The van der Waals surface area contributed by atoms with Crippen LogP contribution >= 0.6 is 22.7 Å². The zero-order valence-electron chi connectivity index (χ0n) is 14.5. The molecule has 2 amide bonds. The van der Waals surface area contributed by atoms with E-state index in [2.05, 4.69) is 10.3 Å². The van der Waals surface area contributed by atoms with Gasteiger partial charge in [0, 0.05) is 4.88 Å². The van der Waals surface area contributed by atoms with E-state index in [1.165, 1.54) is 22.7 Å². The van der Waals surface area contributed by atoms with Gasteiger partial charge in [-0.2, -0.15) is 0 Å². The predicted molar refractivity (Wildman–Crippen MR) is 100.0 cm³/mol. The van der Waals surface area contributed by atoms with Crippen molar-refractivity contribution in [3.05, 3.63) is 31.6 Å². The van der Waals surface area contributed by atoms with E-state index in [4.69, 9.17) is 10.5 Å². The van der Waals surface area contributed by atoms with Gasteiger partial charge in [-0.25, -0.2) is 9.78 Å². The van der Waals surface area contributed by atoms with Gasteiger partial charge in [0.25, 0.3) is 11.8 Å². The first-order valence-electron chi connectivity index (χ1n) is 8.22. The Kier molecular flexibility index (Phi) is 5.38. The van der Waals surface area contributed by atoms with E-state index >= 15 is 0 Å². The molecule has 0 unspecified atom stereocenters. The first-order chi connectivity index (χ1) is 12.4. The number of hydrogen-bond acceptors (Lipinski definition) is 7. The molecule has 7 nitrogen and oxygen atoms in total. The van der Waals surface area contributed by atoms with Crippen molar-refractivity contribution in [2.75, 3.05) is 11.9 Å². The lowest BCUT2D eigenvalue weighted by molar-refractivity contribution is -0.119. The number of rotatable bonds is 5. The Labute approximate surface area is 158 Å². The van der Waals surface area contributed by atoms with E-state index in [1.54, 1.807) is 13.8 Å². The number of aromatic nitrogens is 1. The number of carbonyl (C=O) groups is 3. The van der Waals surface area contributed by atoms with E-state index in [0.717, 1.165) is 41.1 Å². The minimum absolute atomic E-state index is 0.387. The van der Waals surface area contributed by atoms with Crippen molar-refractivity contribution in [1.82, 2.24) is 4.98 Å². The van der Waals surface area contributed by atoms with Crippen molar-refractivity contribution in [3.63, 3.8) is 0 Å². The minimum atomic E-state index is -0.580. The lowest BCUT2D eigenvalue weighted by Gasteiger charge is -2.11. The predicted octanol–water partition coefficient (Wildman–Crippen LogP) is 2.59. The lowest BCUT2D eigenvalue weighted by atomic mass is 9.95. The monoisotopic (exact) mass is 393 g/mol. The number of nitrogens with two attached hydrogens (primary N) is 1. The van der Waals surface area contributed by atoms with Crippen LogP contribution < -0.4 is 11.1 Å². The number of hydrogen-bond donors (Lipinski definition) is 2. The fourth-order valence-electron chi connectivity index (χ4n) is 2.99. The highest BCUT2D eigenvalue weighted by Crippen LogP contribution is 2.37. The molecule has 1 aliphatic carbocycles. The summed E-state index contributed by atoms with van der Waals surface area (Å²) in [5, 5.41) is 3.86. The number of ether oxygens (including phenoxy) is 1. The van der Waals surface area contributed by atoms with Gasteiger partial charge in [0.05, 0.1) is 16.3 Å². The average Bonchev–Trinajstić information content (AvgIpc) is 3.11. The van der Waals surface area contributed by atoms with Gasteiger partial charge >= 0.3 is 5.97 Å². The van der Waals surface area contributed by atoms with E-state index in [1.807, 2.05) is 0 Å². The zero-order valence-corrected chi connectivity index (χ0v) is 16.1. The summed E-state index contributed by atoms with van der Waals surface area (Å²) in [4.78, 5) is 41.7. The van der Waals surface area contributed by atoms with E-state index in [-0.39, 0.29) is 0 Å². The third kappa shape index (κ3) is 3.78. The van der Waals surface area contributed by atoms with E-state index < -0.39 is 24.4 Å². The lowest BCUT2D eigenvalue weighted by Crippen LogP contribution is -2.22. The number of esters is 1. The summed E-state index contributed by atoms with van der Waals surface area (Å²) >= 11 is 2.60. The number of amides is 2. The number of fused-ring (bicyclic) bond motifs is 1. The molecule has 0 saturated heterocycles. The summed E-state index contributed by atoms with van der Waals surface area (Å²) in [6.45, 7) is 3.08. The molecule has 0 fully saturated rings. The van der Waals surface area contributed by atoms with Crippen LogP contribution in [0, 0.1) is 13.8 Å². The van der Waals surface area contributed by atoms with Gasteiger partial charge in [0.2, 0.25) is 0 Å². The van der Waals surface area contributed by atoms with Crippen LogP contribution in [0.3, 0.4) is 0 Å². The molecule has 138 valence electrons. The number of aryl methyl sites for hydroxylation is 3. The molecule has 0 aromatic carbocycles. The van der Waals surface area contributed by atoms with Gasteiger partial charge in [-0.1, -0.05) is 0 Å². The van der Waals surface area contributed by atoms with E-state index in [0.29, 0.717) is 21.1 Å². The number of thiophene rings is 1. The largest absolute Gasteiger partial charge is 0.451 e. The normalized spacial score (nSPS) is 13.2. The topological polar surface area (TPSA) is 111 Å². The zero-order chi connectivity index (χ0) is 18.8. The van der Waals surface area contributed by atoms with Crippen molar-refractivity contribution in [3.8, 4) is 0 Å². The number of thiazole rings is 1. The summed E-state index contributed by atoms with van der Waals surface area (Å²) in [5.41, 5.74) is 7.41. The Balaban J connectivity index is 1.67. The minimum Gasteiger partial charge on any atom is -0.451 e. The molecule has 0 atom stereocenters. The second kappa shape index (κ2) is 7.55. The summed E-state index contributed by atoms with van der Waals surface area (Å²) in [6.07, 6.45) is 3.74. The quantitative estimate of drug-likeness (QED) is 0.759. The number of nitrogens with one attached hydrogen (secondary N) is 1. The third-order valence-corrected chi connectivity index (χ3v) is 6.35. The van der Waals surface area contributed by atoms with Crippen molar-refractivity contribution in [1.29, 1.82) is 0 Å². The fraction of sp³-hybridized carbons (Fsp3) is 0.412. The number of primary amides is 1. The van der Waals surface area contributed by atoms with Gasteiger partial charge in [-0.15, -0.1) is 22.7 Å². The molecular formula is C17H19N3O4S2. The van der Waals surface area contributed by atoms with Crippen LogP contribution in [0.2, 0.25) is 0 Å². The molecule has 1 aliphatic rings. The standard InChI is InChI=1S/C17H19N3O4S2/c1-8-14(25-9(2)19-8)17(23)24-7-12(21)20-16-13(15(18)22)10-5-3-4-6-11(10)26-16/h3-7H2,1-2H3,(H2,18,22)(H,20,21). The van der Waals surface area contributed by atoms with Gasteiger partial charge in [-0.3, -0.25) is 9.59 Å². The Bertz CT molecular complexity index is 885. The molecule has 0 bridgehead atoms. The first kappa shape index (κ1) is 18.5. The van der Waals surface area contributed by atoms with Gasteiger partial charge in [0.15, 0.2) is 6.61 Å². The van der Waals surface area contributed by atoms with Crippen molar-refractivity contribution >= 4 is 45.5 Å². The number of nitrogens with zero attached hydrogens (tertiary/aromatic N) is 1. The van der Waals surface area contributed by atoms with Crippen LogP contribution in [-0.2, 0) is 22.4 Å². The highest BCUT2D eigenvalue weighted by molar-refractivity contribution is 7.17. The van der Waals surface area contributed by atoms with Crippen molar-refractivity contribution in [2.24, 2.45) is 5.73 Å². The molecule has 3 N–H and O–H groups in total. The molecule has 0 spiro atoms. The van der Waals surface area contributed by atoms with Crippen LogP contribution in [0.1, 0.15) is 54.0 Å². The second-order valence-corrected chi connectivity index (χ2v) is 8.36. The maximum absolute atomic E-state index is 12.2. The van der Waals surface area contributed by atoms with Crippen LogP contribution in [0.15, 0.2) is 0 Å². The highest BCUT2D eigenvalue weighted by atomic mass is 32.1. The van der Waals surface area contributed by atoms with Crippen molar-refractivity contribution in [2.45, 2.75) is 39.5 Å². The third-order valence-electron chi connectivity index (χ3n) is 4.09. The van der Waals surface area contributed by atoms with Gasteiger partial charge in [-0.05, 0) is 45.1 Å². The average molecular weight is 393 g/mol.